The molecule has 4 amide bonds. The molecule has 0 spiro atoms. The number of carbonyl (C=O) groups is 5. The van der Waals surface area contributed by atoms with Crippen molar-refractivity contribution < 1.29 is 33.4 Å². The summed E-state index contributed by atoms with van der Waals surface area (Å²) in [5.74, 6) is -2.56. The van der Waals surface area contributed by atoms with Gasteiger partial charge >= 0.3 is 5.97 Å². The molecule has 65 heavy (non-hydrogen) atoms. The minimum absolute atomic E-state index is 0.136. The lowest BCUT2D eigenvalue weighted by Gasteiger charge is -2.37. The van der Waals surface area contributed by atoms with E-state index in [-0.39, 0.29) is 43.4 Å². The number of amides is 4. The fraction of sp³-hybridized carbons (Fsp3) is 0.490. The molecule has 6 bridgehead atoms. The maximum absolute atomic E-state index is 14.7. The van der Waals surface area contributed by atoms with Crippen molar-refractivity contribution in [1.29, 1.82) is 0 Å². The number of rotatable bonds is 10. The summed E-state index contributed by atoms with van der Waals surface area (Å²) in [6.07, 6.45) is 7.00. The third kappa shape index (κ3) is 9.89. The number of nitrogens with zero attached hydrogens (tertiary/aromatic N) is 5. The molecule has 14 heteroatoms. The lowest BCUT2D eigenvalue weighted by molar-refractivity contribution is -0.155. The Hall–Kier alpha value is -5.86. The van der Waals surface area contributed by atoms with Gasteiger partial charge in [0.2, 0.25) is 17.7 Å². The number of pyridine rings is 1. The van der Waals surface area contributed by atoms with Crippen molar-refractivity contribution in [3.05, 3.63) is 90.3 Å². The van der Waals surface area contributed by atoms with E-state index in [2.05, 4.69) is 78.0 Å². The van der Waals surface area contributed by atoms with Crippen molar-refractivity contribution in [3.8, 4) is 22.4 Å². The molecule has 346 valence electrons. The number of fused-ring (bicyclic) bond motifs is 6. The number of aryl methyl sites for hydroxylation is 1. The van der Waals surface area contributed by atoms with Gasteiger partial charge in [0.05, 0.1) is 24.3 Å². The van der Waals surface area contributed by atoms with E-state index < -0.39 is 47.2 Å². The average molecular weight is 888 g/mol. The molecule has 2 aromatic heterocycles. The number of methoxy groups -OCH3 is 1. The van der Waals surface area contributed by atoms with Crippen LogP contribution in [0.1, 0.15) is 83.6 Å². The van der Waals surface area contributed by atoms with Gasteiger partial charge in [-0.15, -0.1) is 0 Å². The van der Waals surface area contributed by atoms with E-state index in [0.29, 0.717) is 45.3 Å². The molecule has 3 aliphatic rings. The van der Waals surface area contributed by atoms with Crippen LogP contribution in [-0.2, 0) is 52.8 Å². The van der Waals surface area contributed by atoms with Crippen LogP contribution < -0.4 is 10.7 Å². The summed E-state index contributed by atoms with van der Waals surface area (Å²) in [4.78, 5) is 76.9. The van der Waals surface area contributed by atoms with Gasteiger partial charge in [0, 0.05) is 81.0 Å². The Balaban J connectivity index is 1.29. The zero-order valence-corrected chi connectivity index (χ0v) is 39.2. The van der Waals surface area contributed by atoms with E-state index in [0.717, 1.165) is 50.0 Å². The van der Waals surface area contributed by atoms with E-state index in [9.17, 15) is 24.0 Å². The highest BCUT2D eigenvalue weighted by Gasteiger charge is 2.40. The number of hydrazine groups is 1. The normalized spacial score (nSPS) is 21.1. The Kier molecular flexibility index (Phi) is 14.3. The Morgan fingerprint density at radius 2 is 1.85 bits per heavy atom. The third-order valence-corrected chi connectivity index (χ3v) is 13.4. The molecule has 0 saturated carbocycles. The maximum Gasteiger partial charge on any atom is 0.324 e. The average Bonchev–Trinajstić information content (AvgIpc) is 3.92. The summed E-state index contributed by atoms with van der Waals surface area (Å²) in [7, 11) is 3.32. The summed E-state index contributed by atoms with van der Waals surface area (Å²) < 4.78 is 14.3. The SMILES string of the molecule is C=CC(=O)N1CC[C@H](C(=O)N(C)C(C(=O)N[C@H]2Cc3cccc(c3)-c3ccc4c(c3)c(c(-c3cnccc3[C@H](C)OC)n4CC)CC(C)(C)COC(=O)[C@@H]3CCCN(N3)C2=O)C(C)C)C1. The van der Waals surface area contributed by atoms with Gasteiger partial charge in [0.1, 0.15) is 18.1 Å². The smallest absolute Gasteiger partial charge is 0.324 e. The van der Waals surface area contributed by atoms with E-state index >= 15 is 0 Å². The number of likely N-dealkylation sites (N-methyl/N-ethyl adjacent to an activating group) is 1. The van der Waals surface area contributed by atoms with Crippen LogP contribution in [0.5, 0.6) is 0 Å². The van der Waals surface area contributed by atoms with Crippen LogP contribution in [0.2, 0.25) is 0 Å². The molecular formula is C51H65N7O7. The first-order valence-corrected chi connectivity index (χ1v) is 23.0. The second-order valence-electron chi connectivity index (χ2n) is 19.0. The summed E-state index contributed by atoms with van der Waals surface area (Å²) >= 11 is 0. The summed E-state index contributed by atoms with van der Waals surface area (Å²) in [6, 6.07) is 13.8. The van der Waals surface area contributed by atoms with Crippen LogP contribution in [0, 0.1) is 17.3 Å². The number of carbonyl (C=O) groups excluding carboxylic acids is 5. The van der Waals surface area contributed by atoms with Gasteiger partial charge in [-0.05, 0) is 97.5 Å². The van der Waals surface area contributed by atoms with Crippen molar-refractivity contribution in [2.24, 2.45) is 17.3 Å². The zero-order valence-electron chi connectivity index (χ0n) is 39.2. The maximum atomic E-state index is 14.7. The van der Waals surface area contributed by atoms with E-state index in [1.807, 2.05) is 45.2 Å². The summed E-state index contributed by atoms with van der Waals surface area (Å²) in [5, 5.41) is 5.57. The minimum Gasteiger partial charge on any atom is -0.464 e. The zero-order chi connectivity index (χ0) is 46.7. The minimum atomic E-state index is -1.05. The van der Waals surface area contributed by atoms with Gasteiger partial charge in [-0.25, -0.2) is 5.43 Å². The molecule has 2 aromatic carbocycles. The molecule has 2 fully saturated rings. The number of cyclic esters (lactones) is 1. The lowest BCUT2D eigenvalue weighted by Crippen LogP contribution is -2.62. The topological polar surface area (TPSA) is 155 Å². The van der Waals surface area contributed by atoms with Gasteiger partial charge < -0.3 is 29.2 Å². The molecular weight excluding hydrogens is 823 g/mol. The highest BCUT2D eigenvalue weighted by molar-refractivity contribution is 5.96. The molecule has 1 unspecified atom stereocenters. The van der Waals surface area contributed by atoms with Crippen molar-refractivity contribution >= 4 is 40.5 Å². The van der Waals surface area contributed by atoms with Crippen LogP contribution in [0.3, 0.4) is 0 Å². The quantitative estimate of drug-likeness (QED) is 0.139. The third-order valence-electron chi connectivity index (χ3n) is 13.4. The Morgan fingerprint density at radius 3 is 2.57 bits per heavy atom. The van der Waals surface area contributed by atoms with Gasteiger partial charge in [-0.2, -0.15) is 0 Å². The largest absolute Gasteiger partial charge is 0.464 e. The Morgan fingerprint density at radius 1 is 1.08 bits per heavy atom. The molecule has 2 N–H and O–H groups in total. The van der Waals surface area contributed by atoms with Crippen LogP contribution in [0.25, 0.3) is 33.3 Å². The van der Waals surface area contributed by atoms with Gasteiger partial charge in [0.25, 0.3) is 5.91 Å². The predicted molar refractivity (Wildman–Crippen MR) is 250 cm³/mol. The second-order valence-corrected chi connectivity index (χ2v) is 19.0. The number of hydrogen-bond donors (Lipinski definition) is 2. The van der Waals surface area contributed by atoms with Crippen molar-refractivity contribution in [2.45, 2.75) is 104 Å². The van der Waals surface area contributed by atoms with Crippen LogP contribution in [0.15, 0.2) is 73.6 Å². The molecule has 2 saturated heterocycles. The molecule has 0 radical (unpaired) electrons. The van der Waals surface area contributed by atoms with Crippen LogP contribution in [0.4, 0.5) is 0 Å². The Bertz CT molecular complexity index is 2460. The fourth-order valence-electron chi connectivity index (χ4n) is 9.92. The fourth-order valence-corrected chi connectivity index (χ4v) is 9.92. The van der Waals surface area contributed by atoms with Crippen LogP contribution in [-0.4, -0.2) is 112 Å². The molecule has 5 heterocycles. The number of ether oxygens (including phenoxy) is 2. The number of hydrogen-bond acceptors (Lipinski definition) is 9. The highest BCUT2D eigenvalue weighted by Crippen LogP contribution is 2.42. The first-order chi connectivity index (χ1) is 31.0. The summed E-state index contributed by atoms with van der Waals surface area (Å²) in [5.41, 5.74) is 10.7. The van der Waals surface area contributed by atoms with Gasteiger partial charge in [-0.3, -0.25) is 34.0 Å². The number of esters is 1. The molecule has 7 rings (SSSR count). The standard InChI is InChI=1S/C51H65N7O7/c1-10-44(59)56-23-20-36(29-56)48(61)55(8)45(31(3)4)47(60)53-42-25-33-14-12-15-34(24-33)35-17-18-43-38(26-35)39(46(57(43)11-2)40-28-52-21-19-37(40)32(5)64-9)27-51(6,7)30-65-50(63)41-16-13-22-58(54-41)49(42)62/h10,12,14-15,17-19,21,24,26,28,31-32,36,41-42,45,54H,1,11,13,16,20,22-23,25,27,29-30H2,2-9H3,(H,53,60)/t32-,36-,41-,42-,45?/m0/s1. The predicted octanol–water partition coefficient (Wildman–Crippen LogP) is 6.26. The second kappa shape index (κ2) is 19.7. The number of aromatic nitrogens is 2. The Labute approximate surface area is 382 Å². The monoisotopic (exact) mass is 887 g/mol. The first kappa shape index (κ1) is 47.1. The molecule has 5 atom stereocenters. The number of likely N-dealkylation sites (tertiary alicyclic amines) is 1. The highest BCUT2D eigenvalue weighted by atomic mass is 16.5. The summed E-state index contributed by atoms with van der Waals surface area (Å²) in [6.45, 7) is 17.5. The van der Waals surface area contributed by atoms with E-state index in [4.69, 9.17) is 9.47 Å². The lowest BCUT2D eigenvalue weighted by atomic mass is 9.84. The van der Waals surface area contributed by atoms with Gasteiger partial charge in [-0.1, -0.05) is 64.6 Å². The van der Waals surface area contributed by atoms with E-state index in [1.165, 1.54) is 16.0 Å². The van der Waals surface area contributed by atoms with Crippen molar-refractivity contribution in [1.82, 2.24) is 35.1 Å². The van der Waals surface area contributed by atoms with E-state index in [1.54, 1.807) is 25.3 Å². The van der Waals surface area contributed by atoms with Crippen molar-refractivity contribution in [3.63, 3.8) is 0 Å². The van der Waals surface area contributed by atoms with Crippen LogP contribution >= 0.6 is 0 Å². The first-order valence-electron chi connectivity index (χ1n) is 23.0. The number of nitrogens with one attached hydrogen (secondary N) is 2. The molecule has 4 aromatic rings. The molecule has 3 aliphatic heterocycles. The number of benzene rings is 2. The van der Waals surface area contributed by atoms with Gasteiger partial charge in [0.15, 0.2) is 0 Å². The molecule has 14 nitrogen and oxygen atoms in total. The molecule has 0 aliphatic carbocycles. The van der Waals surface area contributed by atoms with Crippen molar-refractivity contribution in [2.75, 3.05) is 40.4 Å².